The van der Waals surface area contributed by atoms with Crippen molar-refractivity contribution >= 4 is 29.4 Å². The SMILES string of the molecule is NCCOCCOCCNC(=O)Cc1ccc(Nc2nc(NCCc3ccccn3)nc(NCc3ccc(F)cc3)n2)cc1. The first-order valence-electron chi connectivity index (χ1n) is 14.4. The lowest BCUT2D eigenvalue weighted by Crippen LogP contribution is -2.29. The van der Waals surface area contributed by atoms with Crippen molar-refractivity contribution in [2.75, 3.05) is 62.0 Å². The van der Waals surface area contributed by atoms with E-state index in [0.29, 0.717) is 76.9 Å². The molecule has 1 amide bonds. The molecule has 0 spiro atoms. The molecule has 2 aromatic heterocycles. The number of amides is 1. The van der Waals surface area contributed by atoms with Crippen LogP contribution in [0.2, 0.25) is 0 Å². The Kier molecular flexibility index (Phi) is 13.2. The van der Waals surface area contributed by atoms with Gasteiger partial charge >= 0.3 is 0 Å². The van der Waals surface area contributed by atoms with E-state index >= 15 is 0 Å². The van der Waals surface area contributed by atoms with Gasteiger partial charge < -0.3 is 36.5 Å². The summed E-state index contributed by atoms with van der Waals surface area (Å²) in [6.45, 7) is 3.74. The summed E-state index contributed by atoms with van der Waals surface area (Å²) in [5.41, 5.74) is 8.80. The molecule has 6 N–H and O–H groups in total. The lowest BCUT2D eigenvalue weighted by Gasteiger charge is -2.12. The van der Waals surface area contributed by atoms with Gasteiger partial charge in [0, 0.05) is 50.2 Å². The molecule has 0 fully saturated rings. The zero-order valence-electron chi connectivity index (χ0n) is 24.5. The average molecular weight is 604 g/mol. The zero-order chi connectivity index (χ0) is 30.8. The van der Waals surface area contributed by atoms with Crippen molar-refractivity contribution in [3.8, 4) is 0 Å². The van der Waals surface area contributed by atoms with E-state index in [4.69, 9.17) is 15.2 Å². The maximum atomic E-state index is 13.3. The van der Waals surface area contributed by atoms with Crippen molar-refractivity contribution < 1.29 is 18.7 Å². The Morgan fingerprint density at radius 3 is 2.20 bits per heavy atom. The second-order valence-electron chi connectivity index (χ2n) is 9.65. The number of nitrogens with two attached hydrogens (primary N) is 1. The van der Waals surface area contributed by atoms with Gasteiger partial charge in [-0.25, -0.2) is 4.39 Å². The van der Waals surface area contributed by atoms with E-state index in [1.54, 1.807) is 18.3 Å². The van der Waals surface area contributed by atoms with E-state index in [1.165, 1.54) is 12.1 Å². The molecule has 4 aromatic rings. The van der Waals surface area contributed by atoms with E-state index in [1.807, 2.05) is 42.5 Å². The van der Waals surface area contributed by atoms with Gasteiger partial charge in [0.2, 0.25) is 23.8 Å². The van der Waals surface area contributed by atoms with Gasteiger partial charge in [0.25, 0.3) is 0 Å². The lowest BCUT2D eigenvalue weighted by atomic mass is 10.1. The molecule has 0 bridgehead atoms. The summed E-state index contributed by atoms with van der Waals surface area (Å²) in [6, 6.07) is 19.5. The minimum Gasteiger partial charge on any atom is -0.378 e. The third-order valence-electron chi connectivity index (χ3n) is 6.17. The molecule has 44 heavy (non-hydrogen) atoms. The topological polar surface area (TPSA) is 161 Å². The molecule has 13 heteroatoms. The summed E-state index contributed by atoms with van der Waals surface area (Å²) in [7, 11) is 0. The van der Waals surface area contributed by atoms with Crippen molar-refractivity contribution in [2.45, 2.75) is 19.4 Å². The highest BCUT2D eigenvalue weighted by Gasteiger charge is 2.09. The molecule has 0 radical (unpaired) electrons. The summed E-state index contributed by atoms with van der Waals surface area (Å²) >= 11 is 0. The molecular formula is C31H38FN9O3. The molecule has 0 saturated heterocycles. The van der Waals surface area contributed by atoms with Crippen LogP contribution in [0, 0.1) is 5.82 Å². The van der Waals surface area contributed by atoms with Crippen LogP contribution < -0.4 is 27.0 Å². The molecule has 0 aliphatic heterocycles. The van der Waals surface area contributed by atoms with Crippen LogP contribution in [0.1, 0.15) is 16.8 Å². The molecule has 0 aliphatic rings. The predicted octanol–water partition coefficient (Wildman–Crippen LogP) is 3.07. The van der Waals surface area contributed by atoms with Crippen molar-refractivity contribution in [3.63, 3.8) is 0 Å². The van der Waals surface area contributed by atoms with Gasteiger partial charge in [-0.3, -0.25) is 9.78 Å². The van der Waals surface area contributed by atoms with E-state index in [-0.39, 0.29) is 18.1 Å². The van der Waals surface area contributed by atoms with Gasteiger partial charge in [0.05, 0.1) is 32.8 Å². The van der Waals surface area contributed by atoms with Gasteiger partial charge in [0.15, 0.2) is 0 Å². The number of carbonyl (C=O) groups is 1. The molecule has 2 aromatic carbocycles. The maximum absolute atomic E-state index is 13.3. The largest absolute Gasteiger partial charge is 0.378 e. The van der Waals surface area contributed by atoms with Crippen LogP contribution in [0.4, 0.5) is 27.9 Å². The highest BCUT2D eigenvalue weighted by atomic mass is 19.1. The number of nitrogens with one attached hydrogen (secondary N) is 4. The predicted molar refractivity (Wildman–Crippen MR) is 167 cm³/mol. The van der Waals surface area contributed by atoms with Gasteiger partial charge in [-0.2, -0.15) is 15.0 Å². The summed E-state index contributed by atoms with van der Waals surface area (Å²) in [5.74, 6) is 0.690. The molecule has 4 rings (SSSR count). The Balaban J connectivity index is 1.31. The van der Waals surface area contributed by atoms with Crippen LogP contribution >= 0.6 is 0 Å². The number of hydrogen-bond acceptors (Lipinski definition) is 11. The van der Waals surface area contributed by atoms with E-state index in [0.717, 1.165) is 22.5 Å². The van der Waals surface area contributed by atoms with Gasteiger partial charge in [-0.05, 0) is 47.5 Å². The zero-order valence-corrected chi connectivity index (χ0v) is 24.5. The Hall–Kier alpha value is -4.72. The second kappa shape index (κ2) is 18.1. The third kappa shape index (κ3) is 11.9. The molecule has 0 aliphatic carbocycles. The van der Waals surface area contributed by atoms with E-state index < -0.39 is 0 Å². The Bertz CT molecular complexity index is 1410. The number of halogens is 1. The summed E-state index contributed by atoms with van der Waals surface area (Å²) < 4.78 is 24.0. The van der Waals surface area contributed by atoms with Crippen molar-refractivity contribution in [3.05, 3.63) is 95.6 Å². The first-order valence-corrected chi connectivity index (χ1v) is 14.4. The van der Waals surface area contributed by atoms with Crippen LogP contribution in [-0.4, -0.2) is 71.9 Å². The number of benzene rings is 2. The Labute approximate surface area is 256 Å². The molecule has 2 heterocycles. The fraction of sp³-hybridized carbons (Fsp3) is 0.323. The van der Waals surface area contributed by atoms with Crippen molar-refractivity contribution in [1.29, 1.82) is 0 Å². The number of carbonyl (C=O) groups excluding carboxylic acids is 1. The van der Waals surface area contributed by atoms with Crippen LogP contribution in [0.3, 0.4) is 0 Å². The van der Waals surface area contributed by atoms with E-state index in [9.17, 15) is 9.18 Å². The summed E-state index contributed by atoms with van der Waals surface area (Å²) in [5, 5.41) is 12.5. The number of aromatic nitrogens is 4. The highest BCUT2D eigenvalue weighted by Crippen LogP contribution is 2.18. The Morgan fingerprint density at radius 2 is 1.48 bits per heavy atom. The van der Waals surface area contributed by atoms with Crippen LogP contribution in [0.25, 0.3) is 0 Å². The summed E-state index contributed by atoms with van der Waals surface area (Å²) in [4.78, 5) is 30.2. The first-order chi connectivity index (χ1) is 21.6. The Morgan fingerprint density at radius 1 is 0.773 bits per heavy atom. The number of ether oxygens (including phenoxy) is 2. The molecule has 0 unspecified atom stereocenters. The minimum atomic E-state index is -0.294. The van der Waals surface area contributed by atoms with Crippen LogP contribution in [-0.2, 0) is 33.7 Å². The number of rotatable bonds is 19. The number of hydrogen-bond donors (Lipinski definition) is 5. The maximum Gasteiger partial charge on any atom is 0.233 e. The summed E-state index contributed by atoms with van der Waals surface area (Å²) in [6.07, 6.45) is 2.70. The smallest absolute Gasteiger partial charge is 0.233 e. The fourth-order valence-electron chi connectivity index (χ4n) is 3.97. The monoisotopic (exact) mass is 603 g/mol. The second-order valence-corrected chi connectivity index (χ2v) is 9.65. The number of pyridine rings is 1. The molecule has 232 valence electrons. The van der Waals surface area contributed by atoms with Gasteiger partial charge in [-0.1, -0.05) is 30.3 Å². The quantitative estimate of drug-likeness (QED) is 0.100. The van der Waals surface area contributed by atoms with Gasteiger partial charge in [-0.15, -0.1) is 0 Å². The van der Waals surface area contributed by atoms with Crippen LogP contribution in [0.15, 0.2) is 72.9 Å². The minimum absolute atomic E-state index is 0.0931. The lowest BCUT2D eigenvalue weighted by molar-refractivity contribution is -0.120. The molecule has 0 atom stereocenters. The third-order valence-corrected chi connectivity index (χ3v) is 6.17. The van der Waals surface area contributed by atoms with Crippen molar-refractivity contribution in [1.82, 2.24) is 25.3 Å². The van der Waals surface area contributed by atoms with E-state index in [2.05, 4.69) is 41.2 Å². The molecule has 0 saturated carbocycles. The number of nitrogens with zero attached hydrogens (tertiary/aromatic N) is 4. The normalized spacial score (nSPS) is 10.8. The standard InChI is InChI=1S/C31H38FN9O3/c32-25-8-4-24(5-9-25)22-37-30-39-29(36-15-12-26-3-1-2-14-34-26)40-31(41-30)38-27-10-6-23(7-11-27)21-28(42)35-16-18-44-20-19-43-17-13-33/h1-11,14H,12-13,15-22,33H2,(H,35,42)(H3,36,37,38,39,40,41). The first kappa shape index (κ1) is 32.2. The van der Waals surface area contributed by atoms with Gasteiger partial charge in [0.1, 0.15) is 5.82 Å². The molecular weight excluding hydrogens is 565 g/mol. The van der Waals surface area contributed by atoms with Crippen molar-refractivity contribution in [2.24, 2.45) is 5.73 Å². The highest BCUT2D eigenvalue weighted by molar-refractivity contribution is 5.78. The fourth-order valence-corrected chi connectivity index (χ4v) is 3.97. The van der Waals surface area contributed by atoms with Crippen LogP contribution in [0.5, 0.6) is 0 Å². The number of anilines is 4. The molecule has 12 nitrogen and oxygen atoms in total. The average Bonchev–Trinajstić information content (AvgIpc) is 3.03.